The highest BCUT2D eigenvalue weighted by molar-refractivity contribution is 5.23. The van der Waals surface area contributed by atoms with Crippen molar-refractivity contribution < 1.29 is 10.2 Å². The first-order valence-electron chi connectivity index (χ1n) is 6.40. The minimum atomic E-state index is 0.0882. The summed E-state index contributed by atoms with van der Waals surface area (Å²) in [6.07, 6.45) is 0. The normalized spacial score (nSPS) is 10.6. The molecule has 0 spiro atoms. The van der Waals surface area contributed by atoms with Crippen molar-refractivity contribution in [2.45, 2.75) is 26.3 Å². The standard InChI is InChI=1S/C16H19NO2/c18-11-15-5-1-13(2-6-15)9-17-10-14-3-7-16(12-19)8-4-14/h1-8,17-19H,9-12H2. The number of benzene rings is 2. The van der Waals surface area contributed by atoms with Crippen LogP contribution < -0.4 is 5.32 Å². The van der Waals surface area contributed by atoms with Gasteiger partial charge in [-0.25, -0.2) is 0 Å². The molecule has 0 bridgehead atoms. The van der Waals surface area contributed by atoms with E-state index in [0.717, 1.165) is 24.2 Å². The van der Waals surface area contributed by atoms with Crippen molar-refractivity contribution in [2.75, 3.05) is 0 Å². The Morgan fingerprint density at radius 1 is 0.579 bits per heavy atom. The highest BCUT2D eigenvalue weighted by Crippen LogP contribution is 2.06. The lowest BCUT2D eigenvalue weighted by atomic mass is 10.1. The first-order chi connectivity index (χ1) is 9.31. The van der Waals surface area contributed by atoms with Gasteiger partial charge in [0.2, 0.25) is 0 Å². The van der Waals surface area contributed by atoms with E-state index in [1.165, 1.54) is 11.1 Å². The quantitative estimate of drug-likeness (QED) is 0.741. The van der Waals surface area contributed by atoms with Gasteiger partial charge >= 0.3 is 0 Å². The highest BCUT2D eigenvalue weighted by Gasteiger charge is 1.96. The Balaban J connectivity index is 1.81. The van der Waals surface area contributed by atoms with Gasteiger partial charge < -0.3 is 15.5 Å². The van der Waals surface area contributed by atoms with Crippen LogP contribution in [0.3, 0.4) is 0 Å². The molecule has 0 saturated heterocycles. The summed E-state index contributed by atoms with van der Waals surface area (Å²) in [6.45, 7) is 1.77. The molecule has 0 saturated carbocycles. The first-order valence-corrected chi connectivity index (χ1v) is 6.40. The number of rotatable bonds is 6. The summed E-state index contributed by atoms with van der Waals surface area (Å²) in [6, 6.07) is 15.8. The van der Waals surface area contributed by atoms with Crippen LogP contribution in [-0.2, 0) is 26.3 Å². The maximum absolute atomic E-state index is 8.96. The maximum Gasteiger partial charge on any atom is 0.0681 e. The third-order valence-corrected chi connectivity index (χ3v) is 3.07. The van der Waals surface area contributed by atoms with Gasteiger partial charge in [-0.3, -0.25) is 0 Å². The lowest BCUT2D eigenvalue weighted by Crippen LogP contribution is -2.12. The van der Waals surface area contributed by atoms with E-state index in [1.54, 1.807) is 0 Å². The van der Waals surface area contributed by atoms with Crippen LogP contribution in [0, 0.1) is 0 Å². The molecule has 0 unspecified atom stereocenters. The topological polar surface area (TPSA) is 52.5 Å². The molecular weight excluding hydrogens is 238 g/mol. The lowest BCUT2D eigenvalue weighted by molar-refractivity contribution is 0.281. The zero-order chi connectivity index (χ0) is 13.5. The van der Waals surface area contributed by atoms with Crippen LogP contribution in [0.25, 0.3) is 0 Å². The van der Waals surface area contributed by atoms with Gasteiger partial charge in [0.1, 0.15) is 0 Å². The Morgan fingerprint density at radius 3 is 1.21 bits per heavy atom. The molecule has 0 aliphatic rings. The Bertz CT molecular complexity index is 444. The molecule has 0 heterocycles. The maximum atomic E-state index is 8.96. The van der Waals surface area contributed by atoms with E-state index in [9.17, 15) is 0 Å². The summed E-state index contributed by atoms with van der Waals surface area (Å²) < 4.78 is 0. The molecule has 0 atom stereocenters. The van der Waals surface area contributed by atoms with Gasteiger partial charge in [0.15, 0.2) is 0 Å². The molecule has 2 aromatic carbocycles. The molecule has 19 heavy (non-hydrogen) atoms. The van der Waals surface area contributed by atoms with E-state index < -0.39 is 0 Å². The Kier molecular flexibility index (Phi) is 5.10. The van der Waals surface area contributed by atoms with Crippen molar-refractivity contribution in [3.8, 4) is 0 Å². The van der Waals surface area contributed by atoms with Gasteiger partial charge in [0, 0.05) is 13.1 Å². The molecule has 3 heteroatoms. The monoisotopic (exact) mass is 257 g/mol. The summed E-state index contributed by atoms with van der Waals surface area (Å²) in [4.78, 5) is 0. The predicted molar refractivity (Wildman–Crippen MR) is 75.3 cm³/mol. The second-order valence-corrected chi connectivity index (χ2v) is 4.55. The second-order valence-electron chi connectivity index (χ2n) is 4.55. The zero-order valence-electron chi connectivity index (χ0n) is 10.8. The molecule has 3 nitrogen and oxygen atoms in total. The van der Waals surface area contributed by atoms with Gasteiger partial charge in [0.05, 0.1) is 13.2 Å². The summed E-state index contributed by atoms with van der Waals surface area (Å²) in [5.74, 6) is 0. The molecule has 3 N–H and O–H groups in total. The number of hydrogen-bond acceptors (Lipinski definition) is 3. The minimum Gasteiger partial charge on any atom is -0.392 e. The van der Waals surface area contributed by atoms with Crippen LogP contribution in [0.15, 0.2) is 48.5 Å². The van der Waals surface area contributed by atoms with Crippen molar-refractivity contribution in [3.05, 3.63) is 70.8 Å². The SMILES string of the molecule is OCc1ccc(CNCc2ccc(CO)cc2)cc1. The van der Waals surface area contributed by atoms with Crippen molar-refractivity contribution in [2.24, 2.45) is 0 Å². The van der Waals surface area contributed by atoms with E-state index in [0.29, 0.717) is 0 Å². The number of aliphatic hydroxyl groups excluding tert-OH is 2. The van der Waals surface area contributed by atoms with Crippen molar-refractivity contribution in [3.63, 3.8) is 0 Å². The minimum absolute atomic E-state index is 0.0882. The van der Waals surface area contributed by atoms with Crippen molar-refractivity contribution in [1.29, 1.82) is 0 Å². The van der Waals surface area contributed by atoms with Gasteiger partial charge in [-0.05, 0) is 22.3 Å². The largest absolute Gasteiger partial charge is 0.392 e. The molecule has 2 aromatic rings. The molecule has 0 aliphatic carbocycles. The summed E-state index contributed by atoms with van der Waals surface area (Å²) in [7, 11) is 0. The average Bonchev–Trinajstić information content (AvgIpc) is 2.49. The predicted octanol–water partition coefficient (Wildman–Crippen LogP) is 1.96. The van der Waals surface area contributed by atoms with Crippen LogP contribution in [-0.4, -0.2) is 10.2 Å². The van der Waals surface area contributed by atoms with Gasteiger partial charge in [-0.1, -0.05) is 48.5 Å². The summed E-state index contributed by atoms with van der Waals surface area (Å²) >= 11 is 0. The van der Waals surface area contributed by atoms with Gasteiger partial charge in [0.25, 0.3) is 0 Å². The lowest BCUT2D eigenvalue weighted by Gasteiger charge is -2.06. The van der Waals surface area contributed by atoms with Crippen LogP contribution in [0.5, 0.6) is 0 Å². The van der Waals surface area contributed by atoms with E-state index in [2.05, 4.69) is 5.32 Å². The second kappa shape index (κ2) is 7.04. The zero-order valence-corrected chi connectivity index (χ0v) is 10.8. The Hall–Kier alpha value is -1.68. The molecular formula is C16H19NO2. The van der Waals surface area contributed by atoms with E-state index in [1.807, 2.05) is 48.5 Å². The average molecular weight is 257 g/mol. The smallest absolute Gasteiger partial charge is 0.0681 e. The molecule has 0 aliphatic heterocycles. The number of aliphatic hydroxyl groups is 2. The third-order valence-electron chi connectivity index (χ3n) is 3.07. The van der Waals surface area contributed by atoms with E-state index >= 15 is 0 Å². The summed E-state index contributed by atoms with van der Waals surface area (Å²) in [5, 5.41) is 21.3. The fraction of sp³-hybridized carbons (Fsp3) is 0.250. The van der Waals surface area contributed by atoms with Crippen LogP contribution >= 0.6 is 0 Å². The summed E-state index contributed by atoms with van der Waals surface area (Å²) in [5.41, 5.74) is 4.26. The number of hydrogen-bond donors (Lipinski definition) is 3. The Morgan fingerprint density at radius 2 is 0.895 bits per heavy atom. The molecule has 100 valence electrons. The molecule has 0 amide bonds. The van der Waals surface area contributed by atoms with Crippen molar-refractivity contribution >= 4 is 0 Å². The van der Waals surface area contributed by atoms with Crippen LogP contribution in [0.4, 0.5) is 0 Å². The van der Waals surface area contributed by atoms with Crippen molar-refractivity contribution in [1.82, 2.24) is 5.32 Å². The third kappa shape index (κ3) is 4.17. The van der Waals surface area contributed by atoms with Crippen LogP contribution in [0.2, 0.25) is 0 Å². The fourth-order valence-electron chi connectivity index (χ4n) is 1.88. The molecule has 0 aromatic heterocycles. The molecule has 2 rings (SSSR count). The number of nitrogens with one attached hydrogen (secondary N) is 1. The Labute approximate surface area is 113 Å². The highest BCUT2D eigenvalue weighted by atomic mass is 16.3. The first kappa shape index (κ1) is 13.7. The van der Waals surface area contributed by atoms with Gasteiger partial charge in [-0.2, -0.15) is 0 Å². The van der Waals surface area contributed by atoms with E-state index in [-0.39, 0.29) is 13.2 Å². The molecule has 0 fully saturated rings. The fourth-order valence-corrected chi connectivity index (χ4v) is 1.88. The van der Waals surface area contributed by atoms with Gasteiger partial charge in [-0.15, -0.1) is 0 Å². The molecule has 0 radical (unpaired) electrons. The van der Waals surface area contributed by atoms with E-state index in [4.69, 9.17) is 10.2 Å². The van der Waals surface area contributed by atoms with Crippen LogP contribution in [0.1, 0.15) is 22.3 Å².